The van der Waals surface area contributed by atoms with E-state index in [-0.39, 0.29) is 0 Å². The van der Waals surface area contributed by atoms with Crippen molar-refractivity contribution in [3.63, 3.8) is 0 Å². The molecule has 3 rings (SSSR count). The fourth-order valence-electron chi connectivity index (χ4n) is 4.44. The van der Waals surface area contributed by atoms with Gasteiger partial charge in [0.25, 0.3) is 0 Å². The van der Waals surface area contributed by atoms with Crippen molar-refractivity contribution in [1.82, 2.24) is 20.0 Å². The normalized spacial score (nSPS) is 27.3. The molecular weight excluding hydrogens is 342 g/mol. The minimum atomic E-state index is 0.486. The predicted octanol–water partition coefficient (Wildman–Crippen LogP) is 0.715. The largest absolute Gasteiger partial charge is 0.379 e. The number of nitrogens with zero attached hydrogens (tertiary/aromatic N) is 4. The monoisotopic (exact) mass is 381 g/mol. The quantitative estimate of drug-likeness (QED) is 0.540. The molecule has 0 radical (unpaired) electrons. The molecule has 2 unspecified atom stereocenters. The number of hydrogen-bond acceptors (Lipinski definition) is 5. The highest BCUT2D eigenvalue weighted by molar-refractivity contribution is 5.80. The molecular formula is C20H39N5O2. The molecule has 3 fully saturated rings. The topological polar surface area (TPSA) is 52.6 Å². The third-order valence-electron chi connectivity index (χ3n) is 6.07. The Hall–Kier alpha value is -0.890. The first-order chi connectivity index (χ1) is 13.2. The summed E-state index contributed by atoms with van der Waals surface area (Å²) in [6.07, 6.45) is 1.22. The molecule has 0 amide bonds. The van der Waals surface area contributed by atoms with E-state index >= 15 is 0 Å². The molecule has 3 saturated heterocycles. The molecule has 0 aromatic rings. The highest BCUT2D eigenvalue weighted by atomic mass is 16.5. The van der Waals surface area contributed by atoms with Crippen LogP contribution in [-0.2, 0) is 9.47 Å². The third kappa shape index (κ3) is 5.79. The average Bonchev–Trinajstić information content (AvgIpc) is 3.19. The van der Waals surface area contributed by atoms with E-state index in [1.54, 1.807) is 0 Å². The van der Waals surface area contributed by atoms with Crippen LogP contribution in [0.25, 0.3) is 0 Å². The van der Waals surface area contributed by atoms with Gasteiger partial charge in [0, 0.05) is 57.9 Å². The van der Waals surface area contributed by atoms with Crippen molar-refractivity contribution < 1.29 is 9.47 Å². The van der Waals surface area contributed by atoms with Crippen LogP contribution < -0.4 is 5.32 Å². The summed E-state index contributed by atoms with van der Waals surface area (Å²) in [4.78, 5) is 12.7. The first-order valence-electron chi connectivity index (χ1n) is 10.9. The van der Waals surface area contributed by atoms with Gasteiger partial charge < -0.3 is 19.7 Å². The summed E-state index contributed by atoms with van der Waals surface area (Å²) in [6.45, 7) is 18.4. The van der Waals surface area contributed by atoms with Crippen LogP contribution in [0.15, 0.2) is 4.99 Å². The Labute approximate surface area is 165 Å². The van der Waals surface area contributed by atoms with Gasteiger partial charge in [-0.2, -0.15) is 0 Å². The van der Waals surface area contributed by atoms with E-state index in [2.05, 4.69) is 40.8 Å². The van der Waals surface area contributed by atoms with E-state index in [1.807, 2.05) is 0 Å². The van der Waals surface area contributed by atoms with E-state index in [1.165, 1.54) is 6.42 Å². The molecule has 2 atom stereocenters. The Balaban J connectivity index is 1.59. The van der Waals surface area contributed by atoms with Crippen molar-refractivity contribution >= 4 is 5.96 Å². The van der Waals surface area contributed by atoms with Gasteiger partial charge in [-0.15, -0.1) is 0 Å². The Bertz CT molecular complexity index is 461. The predicted molar refractivity (Wildman–Crippen MR) is 109 cm³/mol. The van der Waals surface area contributed by atoms with Crippen LogP contribution in [0.1, 0.15) is 27.2 Å². The Kier molecular flexibility index (Phi) is 8.18. The zero-order valence-corrected chi connectivity index (χ0v) is 17.5. The summed E-state index contributed by atoms with van der Waals surface area (Å²) < 4.78 is 11.0. The standard InChI is InChI=1S/C20H39N5O2/c1-4-21-20(22-15-19(17(2)3)24-9-13-27-14-10-24)25-6-5-18(16-25)23-7-11-26-12-8-23/h17-19H,4-16H2,1-3H3,(H,21,22). The number of aliphatic imine (C=N–C) groups is 1. The van der Waals surface area contributed by atoms with Gasteiger partial charge in [-0.05, 0) is 19.3 Å². The molecule has 0 saturated carbocycles. The van der Waals surface area contributed by atoms with Gasteiger partial charge in [0.15, 0.2) is 5.96 Å². The molecule has 156 valence electrons. The van der Waals surface area contributed by atoms with E-state index in [0.29, 0.717) is 18.0 Å². The minimum absolute atomic E-state index is 0.486. The lowest BCUT2D eigenvalue weighted by Crippen LogP contribution is -2.49. The fourth-order valence-corrected chi connectivity index (χ4v) is 4.44. The molecule has 0 aromatic carbocycles. The van der Waals surface area contributed by atoms with Crippen LogP contribution in [0.3, 0.4) is 0 Å². The molecule has 1 N–H and O–H groups in total. The summed E-state index contributed by atoms with van der Waals surface area (Å²) in [6, 6.07) is 1.12. The van der Waals surface area contributed by atoms with Gasteiger partial charge in [-0.25, -0.2) is 0 Å². The van der Waals surface area contributed by atoms with Gasteiger partial charge in [0.05, 0.1) is 33.0 Å². The maximum atomic E-state index is 5.53. The lowest BCUT2D eigenvalue weighted by molar-refractivity contribution is 0.00862. The second-order valence-corrected chi connectivity index (χ2v) is 8.19. The second-order valence-electron chi connectivity index (χ2n) is 8.19. The Morgan fingerprint density at radius 1 is 1.04 bits per heavy atom. The molecule has 0 aliphatic carbocycles. The number of ether oxygens (including phenoxy) is 2. The molecule has 0 aromatic heterocycles. The maximum absolute atomic E-state index is 5.53. The third-order valence-corrected chi connectivity index (χ3v) is 6.07. The number of morpholine rings is 2. The van der Waals surface area contributed by atoms with Gasteiger partial charge >= 0.3 is 0 Å². The van der Waals surface area contributed by atoms with Crippen molar-refractivity contribution in [3.05, 3.63) is 0 Å². The van der Waals surface area contributed by atoms with E-state index in [4.69, 9.17) is 14.5 Å². The van der Waals surface area contributed by atoms with Crippen LogP contribution in [0.2, 0.25) is 0 Å². The number of guanidine groups is 1. The highest BCUT2D eigenvalue weighted by Gasteiger charge is 2.31. The zero-order chi connectivity index (χ0) is 19.1. The smallest absolute Gasteiger partial charge is 0.194 e. The first kappa shape index (κ1) is 20.8. The summed E-state index contributed by atoms with van der Waals surface area (Å²) in [5.74, 6) is 1.68. The van der Waals surface area contributed by atoms with Gasteiger partial charge in [0.1, 0.15) is 0 Å². The van der Waals surface area contributed by atoms with E-state index in [0.717, 1.165) is 84.7 Å². The van der Waals surface area contributed by atoms with Crippen molar-refractivity contribution in [2.45, 2.75) is 39.3 Å². The van der Waals surface area contributed by atoms with Crippen LogP contribution in [0.4, 0.5) is 0 Å². The van der Waals surface area contributed by atoms with E-state index < -0.39 is 0 Å². The molecule has 3 aliphatic heterocycles. The van der Waals surface area contributed by atoms with Crippen LogP contribution >= 0.6 is 0 Å². The van der Waals surface area contributed by atoms with Crippen LogP contribution in [0.5, 0.6) is 0 Å². The van der Waals surface area contributed by atoms with Crippen molar-refractivity contribution in [2.24, 2.45) is 10.9 Å². The molecule has 7 nitrogen and oxygen atoms in total. The van der Waals surface area contributed by atoms with Crippen molar-refractivity contribution in [1.29, 1.82) is 0 Å². The molecule has 0 spiro atoms. The number of likely N-dealkylation sites (tertiary alicyclic amines) is 1. The van der Waals surface area contributed by atoms with E-state index in [9.17, 15) is 0 Å². The minimum Gasteiger partial charge on any atom is -0.379 e. The van der Waals surface area contributed by atoms with Crippen molar-refractivity contribution in [2.75, 3.05) is 78.8 Å². The maximum Gasteiger partial charge on any atom is 0.194 e. The number of rotatable bonds is 6. The average molecular weight is 382 g/mol. The summed E-state index contributed by atoms with van der Waals surface area (Å²) in [5.41, 5.74) is 0. The van der Waals surface area contributed by atoms with Crippen LogP contribution in [-0.4, -0.2) is 112 Å². The first-order valence-corrected chi connectivity index (χ1v) is 10.9. The summed E-state index contributed by atoms with van der Waals surface area (Å²) >= 11 is 0. The number of hydrogen-bond donors (Lipinski definition) is 1. The fraction of sp³-hybridized carbons (Fsp3) is 0.950. The molecule has 0 bridgehead atoms. The highest BCUT2D eigenvalue weighted by Crippen LogP contribution is 2.18. The lowest BCUT2D eigenvalue weighted by atomic mass is 10.0. The second kappa shape index (κ2) is 10.6. The zero-order valence-electron chi connectivity index (χ0n) is 17.5. The van der Waals surface area contributed by atoms with Crippen LogP contribution in [0, 0.1) is 5.92 Å². The SMILES string of the molecule is CCNC(=NCC(C(C)C)N1CCOCC1)N1CCC(N2CCOCC2)C1. The molecule has 7 heteroatoms. The summed E-state index contributed by atoms with van der Waals surface area (Å²) in [7, 11) is 0. The Morgan fingerprint density at radius 3 is 2.33 bits per heavy atom. The lowest BCUT2D eigenvalue weighted by Gasteiger charge is -2.36. The molecule has 3 heterocycles. The van der Waals surface area contributed by atoms with Gasteiger partial charge in [-0.3, -0.25) is 14.8 Å². The number of nitrogens with one attached hydrogen (secondary N) is 1. The molecule has 3 aliphatic rings. The molecule has 27 heavy (non-hydrogen) atoms. The summed E-state index contributed by atoms with van der Waals surface area (Å²) in [5, 5.41) is 3.53. The van der Waals surface area contributed by atoms with Gasteiger partial charge in [0.2, 0.25) is 0 Å². The van der Waals surface area contributed by atoms with Crippen molar-refractivity contribution in [3.8, 4) is 0 Å². The Morgan fingerprint density at radius 2 is 1.70 bits per heavy atom. The van der Waals surface area contributed by atoms with Gasteiger partial charge in [-0.1, -0.05) is 13.8 Å².